The highest BCUT2D eigenvalue weighted by atomic mass is 19.1. The Balaban J connectivity index is 1.52. The maximum atomic E-state index is 14.0. The number of benzene rings is 2. The number of aromatic nitrogens is 7. The van der Waals surface area contributed by atoms with E-state index in [0.717, 1.165) is 44.4 Å². The molecule has 0 radical (unpaired) electrons. The number of nitrogens with zero attached hydrogens (tertiary/aromatic N) is 5. The van der Waals surface area contributed by atoms with Crippen molar-refractivity contribution in [1.82, 2.24) is 35.1 Å². The SMILES string of the molecule is Cc1cc(F)cc(-c2ccnc3nc(-c4n[nH]c5ccc(-c6cnccn6)cc45)[nH]c23)c1. The first-order chi connectivity index (χ1) is 15.7. The van der Waals surface area contributed by atoms with Crippen molar-refractivity contribution in [3.63, 3.8) is 0 Å². The zero-order chi connectivity index (χ0) is 21.7. The molecule has 0 aliphatic heterocycles. The van der Waals surface area contributed by atoms with Gasteiger partial charge in [0.25, 0.3) is 0 Å². The topological polar surface area (TPSA) is 96.0 Å². The van der Waals surface area contributed by atoms with Crippen LogP contribution in [-0.2, 0) is 0 Å². The van der Waals surface area contributed by atoms with Gasteiger partial charge in [0.05, 0.1) is 22.9 Å². The van der Waals surface area contributed by atoms with E-state index in [-0.39, 0.29) is 5.82 Å². The third-order valence-electron chi connectivity index (χ3n) is 5.39. The summed E-state index contributed by atoms with van der Waals surface area (Å²) in [5.74, 6) is 0.301. The number of halogens is 1. The van der Waals surface area contributed by atoms with Crippen molar-refractivity contribution in [3.8, 4) is 33.9 Å². The van der Waals surface area contributed by atoms with Crippen LogP contribution in [0.15, 0.2) is 67.3 Å². The Bertz CT molecular complexity index is 1580. The third kappa shape index (κ3) is 3.01. The summed E-state index contributed by atoms with van der Waals surface area (Å²) >= 11 is 0. The van der Waals surface area contributed by atoms with Crippen LogP contribution in [0.1, 0.15) is 5.56 Å². The number of H-pyrrole nitrogens is 2. The van der Waals surface area contributed by atoms with Crippen molar-refractivity contribution in [2.45, 2.75) is 6.92 Å². The molecule has 6 rings (SSSR count). The summed E-state index contributed by atoms with van der Waals surface area (Å²) in [6.07, 6.45) is 6.71. The Labute approximate surface area is 181 Å². The van der Waals surface area contributed by atoms with Crippen LogP contribution in [0.5, 0.6) is 0 Å². The number of nitrogens with one attached hydrogen (secondary N) is 2. The minimum atomic E-state index is -0.278. The summed E-state index contributed by atoms with van der Waals surface area (Å²) in [5.41, 5.74) is 6.97. The summed E-state index contributed by atoms with van der Waals surface area (Å²) in [5, 5.41) is 8.44. The molecule has 0 aliphatic carbocycles. The molecule has 0 aliphatic rings. The number of hydrogen-bond donors (Lipinski definition) is 2. The summed E-state index contributed by atoms with van der Waals surface area (Å²) < 4.78 is 14.0. The van der Waals surface area contributed by atoms with Crippen molar-refractivity contribution in [3.05, 3.63) is 78.6 Å². The zero-order valence-corrected chi connectivity index (χ0v) is 17.0. The van der Waals surface area contributed by atoms with Crippen molar-refractivity contribution >= 4 is 22.1 Å². The van der Waals surface area contributed by atoms with Crippen LogP contribution >= 0.6 is 0 Å². The zero-order valence-electron chi connectivity index (χ0n) is 17.0. The molecular weight excluding hydrogens is 405 g/mol. The molecule has 8 heteroatoms. The predicted molar refractivity (Wildman–Crippen MR) is 120 cm³/mol. The van der Waals surface area contributed by atoms with Gasteiger partial charge in [-0.25, -0.2) is 14.4 Å². The van der Waals surface area contributed by atoms with Crippen LogP contribution in [0.3, 0.4) is 0 Å². The highest BCUT2D eigenvalue weighted by Crippen LogP contribution is 2.32. The first kappa shape index (κ1) is 18.3. The minimum absolute atomic E-state index is 0.278. The molecule has 0 spiro atoms. The lowest BCUT2D eigenvalue weighted by Gasteiger charge is -2.04. The molecule has 0 unspecified atom stereocenters. The molecule has 2 N–H and O–H groups in total. The molecule has 7 nitrogen and oxygen atoms in total. The van der Waals surface area contributed by atoms with Gasteiger partial charge >= 0.3 is 0 Å². The van der Waals surface area contributed by atoms with Crippen molar-refractivity contribution in [2.24, 2.45) is 0 Å². The maximum absolute atomic E-state index is 14.0. The number of aromatic amines is 2. The van der Waals surface area contributed by atoms with Gasteiger partial charge < -0.3 is 4.98 Å². The molecule has 2 aromatic carbocycles. The number of imidazole rings is 1. The Morgan fingerprint density at radius 2 is 1.84 bits per heavy atom. The van der Waals surface area contributed by atoms with Crippen LogP contribution in [0.25, 0.3) is 56.0 Å². The Morgan fingerprint density at radius 1 is 0.906 bits per heavy atom. The number of pyridine rings is 1. The average Bonchev–Trinajstić information content (AvgIpc) is 3.42. The Kier molecular flexibility index (Phi) is 4.04. The molecule has 0 bridgehead atoms. The fourth-order valence-corrected chi connectivity index (χ4v) is 3.96. The number of hydrogen-bond acceptors (Lipinski definition) is 5. The van der Waals surface area contributed by atoms with Gasteiger partial charge in [-0.15, -0.1) is 0 Å². The highest BCUT2D eigenvalue weighted by molar-refractivity contribution is 5.97. The number of aryl methyl sites for hydroxylation is 1. The molecule has 0 fully saturated rings. The van der Waals surface area contributed by atoms with Gasteiger partial charge in [0.15, 0.2) is 11.5 Å². The number of rotatable bonds is 3. The summed E-state index contributed by atoms with van der Waals surface area (Å²) in [6.45, 7) is 1.87. The quantitative estimate of drug-likeness (QED) is 0.416. The Hall–Kier alpha value is -4.46. The fourth-order valence-electron chi connectivity index (χ4n) is 3.96. The predicted octanol–water partition coefficient (Wildman–Crippen LogP) is 5.07. The normalized spacial score (nSPS) is 11.4. The van der Waals surface area contributed by atoms with E-state index in [1.165, 1.54) is 12.1 Å². The molecule has 0 saturated heterocycles. The van der Waals surface area contributed by atoms with Gasteiger partial charge in [-0.1, -0.05) is 12.1 Å². The summed E-state index contributed by atoms with van der Waals surface area (Å²) in [4.78, 5) is 20.9. The van der Waals surface area contributed by atoms with E-state index in [1.807, 2.05) is 37.3 Å². The van der Waals surface area contributed by atoms with E-state index >= 15 is 0 Å². The standard InChI is InChI=1S/C24H16FN7/c1-13-8-15(10-16(25)9-13)17-4-5-28-23-21(17)29-24(30-23)22-18-11-14(2-3-19(18)31-32-22)20-12-26-6-7-27-20/h2-12H,1H3,(H,31,32)(H,28,29,30). The van der Waals surface area contributed by atoms with Crippen LogP contribution in [0.4, 0.5) is 4.39 Å². The van der Waals surface area contributed by atoms with Gasteiger partial charge in [-0.3, -0.25) is 15.1 Å². The molecule has 4 aromatic heterocycles. The average molecular weight is 421 g/mol. The van der Waals surface area contributed by atoms with Crippen LogP contribution in [-0.4, -0.2) is 35.1 Å². The molecule has 0 amide bonds. The van der Waals surface area contributed by atoms with E-state index in [0.29, 0.717) is 17.2 Å². The van der Waals surface area contributed by atoms with Gasteiger partial charge in [-0.05, 0) is 48.4 Å². The lowest BCUT2D eigenvalue weighted by atomic mass is 10.0. The monoisotopic (exact) mass is 421 g/mol. The van der Waals surface area contributed by atoms with Crippen LogP contribution in [0, 0.1) is 12.7 Å². The first-order valence-corrected chi connectivity index (χ1v) is 10.0. The molecular formula is C24H16FN7. The second-order valence-electron chi connectivity index (χ2n) is 7.58. The van der Waals surface area contributed by atoms with Gasteiger partial charge in [-0.2, -0.15) is 5.10 Å². The van der Waals surface area contributed by atoms with Gasteiger partial charge in [0, 0.05) is 35.1 Å². The lowest BCUT2D eigenvalue weighted by molar-refractivity contribution is 0.627. The molecule has 32 heavy (non-hydrogen) atoms. The summed E-state index contributed by atoms with van der Waals surface area (Å²) in [7, 11) is 0. The second-order valence-corrected chi connectivity index (χ2v) is 7.58. The lowest BCUT2D eigenvalue weighted by Crippen LogP contribution is -1.86. The largest absolute Gasteiger partial charge is 0.335 e. The van der Waals surface area contributed by atoms with Crippen LogP contribution < -0.4 is 0 Å². The van der Waals surface area contributed by atoms with Crippen molar-refractivity contribution in [2.75, 3.05) is 0 Å². The van der Waals surface area contributed by atoms with E-state index in [2.05, 4.69) is 35.1 Å². The Morgan fingerprint density at radius 3 is 2.69 bits per heavy atom. The number of fused-ring (bicyclic) bond motifs is 2. The molecule has 154 valence electrons. The van der Waals surface area contributed by atoms with Gasteiger partial charge in [0.1, 0.15) is 11.5 Å². The second kappa shape index (κ2) is 7.05. The van der Waals surface area contributed by atoms with E-state index in [9.17, 15) is 4.39 Å². The smallest absolute Gasteiger partial charge is 0.178 e. The summed E-state index contributed by atoms with van der Waals surface area (Å²) in [6, 6.07) is 12.7. The first-order valence-electron chi connectivity index (χ1n) is 10.0. The van der Waals surface area contributed by atoms with E-state index in [1.54, 1.807) is 24.8 Å². The molecule has 0 atom stereocenters. The van der Waals surface area contributed by atoms with E-state index in [4.69, 9.17) is 0 Å². The van der Waals surface area contributed by atoms with Crippen molar-refractivity contribution in [1.29, 1.82) is 0 Å². The molecule has 4 heterocycles. The highest BCUT2D eigenvalue weighted by Gasteiger charge is 2.17. The third-order valence-corrected chi connectivity index (χ3v) is 5.39. The maximum Gasteiger partial charge on any atom is 0.178 e. The van der Waals surface area contributed by atoms with Crippen LogP contribution in [0.2, 0.25) is 0 Å². The minimum Gasteiger partial charge on any atom is -0.335 e. The molecule has 6 aromatic rings. The molecule has 0 saturated carbocycles. The van der Waals surface area contributed by atoms with Crippen molar-refractivity contribution < 1.29 is 4.39 Å². The van der Waals surface area contributed by atoms with Gasteiger partial charge in [0.2, 0.25) is 0 Å². The van der Waals surface area contributed by atoms with E-state index < -0.39 is 0 Å². The fraction of sp³-hybridized carbons (Fsp3) is 0.0417.